The number of rotatable bonds is 2. The van der Waals surface area contributed by atoms with E-state index in [1.807, 2.05) is 24.3 Å². The molecule has 3 aromatic rings. The van der Waals surface area contributed by atoms with Crippen LogP contribution in [-0.4, -0.2) is 24.1 Å². The Hall–Kier alpha value is -2.06. The van der Waals surface area contributed by atoms with Crippen LogP contribution >= 0.6 is 15.9 Å². The second-order valence-corrected chi connectivity index (χ2v) is 10.8. The zero-order valence-electron chi connectivity index (χ0n) is 16.2. The van der Waals surface area contributed by atoms with Gasteiger partial charge in [0, 0.05) is 25.1 Å². The van der Waals surface area contributed by atoms with Gasteiger partial charge in [-0.25, -0.2) is 13.2 Å². The van der Waals surface area contributed by atoms with Crippen LogP contribution in [0.25, 0.3) is 11.0 Å². The van der Waals surface area contributed by atoms with Gasteiger partial charge in [0.05, 0.1) is 16.7 Å². The molecule has 0 amide bonds. The molecule has 0 fully saturated rings. The summed E-state index contributed by atoms with van der Waals surface area (Å²) in [7, 11) is -0.505. The molecule has 0 N–H and O–H groups in total. The third kappa shape index (κ3) is 2.81. The van der Waals surface area contributed by atoms with Gasteiger partial charge in [-0.1, -0.05) is 32.0 Å². The molecule has 0 saturated carbocycles. The number of anilines is 1. The molecule has 0 radical (unpaired) electrons. The molecule has 0 bridgehead atoms. The minimum absolute atomic E-state index is 0.161. The summed E-state index contributed by atoms with van der Waals surface area (Å²) in [5.41, 5.74) is 2.62. The van der Waals surface area contributed by atoms with E-state index in [9.17, 15) is 13.2 Å². The van der Waals surface area contributed by atoms with Gasteiger partial charge < -0.3 is 0 Å². The number of imidazole rings is 1. The predicted octanol–water partition coefficient (Wildman–Crippen LogP) is 3.42. The summed E-state index contributed by atoms with van der Waals surface area (Å²) >= 11 is 3.43. The number of halogens is 1. The number of hydrogen-bond acceptors (Lipinski definition) is 3. The first-order valence-electron chi connectivity index (χ1n) is 8.98. The van der Waals surface area contributed by atoms with Crippen LogP contribution in [0.5, 0.6) is 0 Å². The van der Waals surface area contributed by atoms with Gasteiger partial charge >= 0.3 is 5.69 Å². The normalized spacial score (nSPS) is 16.4. The summed E-state index contributed by atoms with van der Waals surface area (Å²) < 4.78 is 32.3. The highest BCUT2D eigenvalue weighted by Crippen LogP contribution is 2.40. The highest BCUT2D eigenvalue weighted by molar-refractivity contribution is 9.10. The first kappa shape index (κ1) is 19.3. The molecule has 0 aliphatic carbocycles. The number of aromatic nitrogens is 2. The molecule has 2 aromatic carbocycles. The van der Waals surface area contributed by atoms with Crippen molar-refractivity contribution in [2.45, 2.75) is 25.2 Å². The van der Waals surface area contributed by atoms with Crippen molar-refractivity contribution in [3.05, 3.63) is 56.9 Å². The molecule has 0 saturated heterocycles. The summed E-state index contributed by atoms with van der Waals surface area (Å²) in [5, 5.41) is 0. The Kier molecular flexibility index (Phi) is 4.28. The smallest absolute Gasteiger partial charge is 0.295 e. The maximum atomic E-state index is 13.7. The Balaban J connectivity index is 1.95. The van der Waals surface area contributed by atoms with Gasteiger partial charge in [0.15, 0.2) is 0 Å². The SMILES string of the molecule is Cn1c(=O)n(C)c2cc(S(=O)(=O)N3CC(C)(C)Cc4ccccc43)c(Br)cc21. The van der Waals surface area contributed by atoms with E-state index in [1.54, 1.807) is 26.2 Å². The van der Waals surface area contributed by atoms with Crippen molar-refractivity contribution in [3.8, 4) is 0 Å². The van der Waals surface area contributed by atoms with Crippen molar-refractivity contribution in [1.82, 2.24) is 9.13 Å². The second kappa shape index (κ2) is 6.22. The van der Waals surface area contributed by atoms with E-state index in [-0.39, 0.29) is 16.0 Å². The average Bonchev–Trinajstić information content (AvgIpc) is 2.83. The van der Waals surface area contributed by atoms with Gasteiger partial charge in [0.2, 0.25) is 0 Å². The number of aryl methyl sites for hydroxylation is 2. The predicted molar refractivity (Wildman–Crippen MR) is 114 cm³/mol. The molecule has 2 heterocycles. The molecule has 0 spiro atoms. The standard InChI is InChI=1S/C20H22BrN3O3S/c1-20(2)11-13-7-5-6-8-15(13)24(12-20)28(26,27)18-10-17-16(9-14(18)21)22(3)19(25)23(17)4/h5-10H,11-12H2,1-4H3. The molecular weight excluding hydrogens is 442 g/mol. The zero-order valence-corrected chi connectivity index (χ0v) is 18.6. The lowest BCUT2D eigenvalue weighted by atomic mass is 9.82. The second-order valence-electron chi connectivity index (χ2n) is 8.15. The third-order valence-electron chi connectivity index (χ3n) is 5.39. The third-order valence-corrected chi connectivity index (χ3v) is 8.11. The van der Waals surface area contributed by atoms with Crippen LogP contribution < -0.4 is 9.99 Å². The Labute approximate surface area is 172 Å². The Bertz CT molecular complexity index is 1270. The summed E-state index contributed by atoms with van der Waals surface area (Å²) in [6.07, 6.45) is 0.822. The molecule has 0 unspecified atom stereocenters. The molecule has 148 valence electrons. The van der Waals surface area contributed by atoms with Crippen molar-refractivity contribution < 1.29 is 8.42 Å². The number of nitrogens with zero attached hydrogens (tertiary/aromatic N) is 3. The quantitative estimate of drug-likeness (QED) is 0.584. The van der Waals surface area contributed by atoms with Crippen LogP contribution in [0.3, 0.4) is 0 Å². The minimum Gasteiger partial charge on any atom is -0.295 e. The fourth-order valence-corrected chi connectivity index (χ4v) is 6.69. The van der Waals surface area contributed by atoms with E-state index in [1.165, 1.54) is 13.4 Å². The van der Waals surface area contributed by atoms with Crippen LogP contribution in [0.1, 0.15) is 19.4 Å². The molecule has 8 heteroatoms. The number of fused-ring (bicyclic) bond motifs is 2. The zero-order chi connectivity index (χ0) is 20.4. The Morgan fingerprint density at radius 2 is 1.64 bits per heavy atom. The molecule has 1 aliphatic heterocycles. The van der Waals surface area contributed by atoms with E-state index >= 15 is 0 Å². The van der Waals surface area contributed by atoms with Gasteiger partial charge in [-0.05, 0) is 51.5 Å². The summed E-state index contributed by atoms with van der Waals surface area (Å²) in [4.78, 5) is 12.4. The molecule has 1 aromatic heterocycles. The van der Waals surface area contributed by atoms with Crippen LogP contribution in [0.15, 0.2) is 50.6 Å². The van der Waals surface area contributed by atoms with E-state index in [2.05, 4.69) is 29.8 Å². The monoisotopic (exact) mass is 463 g/mol. The molecule has 1 aliphatic rings. The molecule has 28 heavy (non-hydrogen) atoms. The molecule has 6 nitrogen and oxygen atoms in total. The van der Waals surface area contributed by atoms with Crippen LogP contribution in [0, 0.1) is 5.41 Å². The van der Waals surface area contributed by atoms with E-state index < -0.39 is 10.0 Å². The highest BCUT2D eigenvalue weighted by atomic mass is 79.9. The Morgan fingerprint density at radius 3 is 2.32 bits per heavy atom. The molecular formula is C20H22BrN3O3S. The van der Waals surface area contributed by atoms with E-state index in [0.717, 1.165) is 17.7 Å². The molecule has 0 atom stereocenters. The first-order valence-corrected chi connectivity index (χ1v) is 11.2. The number of hydrogen-bond donors (Lipinski definition) is 0. The van der Waals surface area contributed by atoms with Crippen LogP contribution in [-0.2, 0) is 30.5 Å². The lowest BCUT2D eigenvalue weighted by Crippen LogP contribution is -2.44. The number of benzene rings is 2. The topological polar surface area (TPSA) is 64.3 Å². The summed E-state index contributed by atoms with van der Waals surface area (Å²) in [5.74, 6) is 0. The van der Waals surface area contributed by atoms with Crippen LogP contribution in [0.4, 0.5) is 5.69 Å². The van der Waals surface area contributed by atoms with E-state index in [0.29, 0.717) is 22.1 Å². The van der Waals surface area contributed by atoms with Gasteiger partial charge in [-0.15, -0.1) is 0 Å². The fraction of sp³-hybridized carbons (Fsp3) is 0.350. The lowest BCUT2D eigenvalue weighted by molar-refractivity contribution is 0.364. The molecule has 4 rings (SSSR count). The van der Waals surface area contributed by atoms with E-state index in [4.69, 9.17) is 0 Å². The summed E-state index contributed by atoms with van der Waals surface area (Å²) in [6, 6.07) is 10.9. The maximum Gasteiger partial charge on any atom is 0.328 e. The van der Waals surface area contributed by atoms with Gasteiger partial charge in [-0.2, -0.15) is 0 Å². The average molecular weight is 464 g/mol. The fourth-order valence-electron chi connectivity index (χ4n) is 3.98. The van der Waals surface area contributed by atoms with Crippen molar-refractivity contribution >= 4 is 42.7 Å². The first-order chi connectivity index (χ1) is 13.0. The largest absolute Gasteiger partial charge is 0.328 e. The summed E-state index contributed by atoms with van der Waals surface area (Å²) in [6.45, 7) is 4.54. The van der Waals surface area contributed by atoms with Gasteiger partial charge in [0.25, 0.3) is 10.0 Å². The number of sulfonamides is 1. The van der Waals surface area contributed by atoms with Crippen molar-refractivity contribution in [3.63, 3.8) is 0 Å². The van der Waals surface area contributed by atoms with Gasteiger partial charge in [-0.3, -0.25) is 13.4 Å². The lowest BCUT2D eigenvalue weighted by Gasteiger charge is -2.39. The Morgan fingerprint density at radius 1 is 1.04 bits per heavy atom. The van der Waals surface area contributed by atoms with Crippen molar-refractivity contribution in [1.29, 1.82) is 0 Å². The maximum absolute atomic E-state index is 13.7. The van der Waals surface area contributed by atoms with Gasteiger partial charge in [0.1, 0.15) is 4.90 Å². The van der Waals surface area contributed by atoms with Crippen molar-refractivity contribution in [2.24, 2.45) is 19.5 Å². The van der Waals surface area contributed by atoms with Crippen LogP contribution in [0.2, 0.25) is 0 Å². The highest BCUT2D eigenvalue weighted by Gasteiger charge is 2.38. The minimum atomic E-state index is -3.83. The number of para-hydroxylation sites is 1. The van der Waals surface area contributed by atoms with Crippen molar-refractivity contribution in [2.75, 3.05) is 10.8 Å².